The van der Waals surface area contributed by atoms with Gasteiger partial charge in [0.25, 0.3) is 5.91 Å². The van der Waals surface area contributed by atoms with Crippen LogP contribution in [0.3, 0.4) is 0 Å². The van der Waals surface area contributed by atoms with Gasteiger partial charge in [-0.15, -0.1) is 0 Å². The zero-order valence-corrected chi connectivity index (χ0v) is 8.65. The molecule has 0 bridgehead atoms. The number of hydrazine groups is 1. The van der Waals surface area contributed by atoms with E-state index in [1.165, 1.54) is 18.2 Å². The Kier molecular flexibility index (Phi) is 3.65. The van der Waals surface area contributed by atoms with Crippen LogP contribution in [0.1, 0.15) is 10.4 Å². The van der Waals surface area contributed by atoms with Crippen molar-refractivity contribution in [2.45, 2.75) is 0 Å². The lowest BCUT2D eigenvalue weighted by Crippen LogP contribution is -2.34. The van der Waals surface area contributed by atoms with E-state index in [9.17, 15) is 4.79 Å². The van der Waals surface area contributed by atoms with Gasteiger partial charge in [0.2, 0.25) is 0 Å². The molecule has 0 spiro atoms. The van der Waals surface area contributed by atoms with Crippen molar-refractivity contribution in [1.82, 2.24) is 5.43 Å². The lowest BCUT2D eigenvalue weighted by molar-refractivity contribution is 0.0953. The van der Waals surface area contributed by atoms with Gasteiger partial charge in [0.1, 0.15) is 0 Å². The number of carbonyl (C=O) groups is 1. The fourth-order valence-corrected chi connectivity index (χ4v) is 1.49. The lowest BCUT2D eigenvalue weighted by atomic mass is 9.79. The molecule has 74 valence electrons. The van der Waals surface area contributed by atoms with Crippen molar-refractivity contribution in [3.63, 3.8) is 0 Å². The van der Waals surface area contributed by atoms with Crippen LogP contribution in [0.15, 0.2) is 22.7 Å². The maximum atomic E-state index is 11.1. The van der Waals surface area contributed by atoms with Gasteiger partial charge in [0.15, 0.2) is 0 Å². The lowest BCUT2D eigenvalue weighted by Gasteiger charge is -2.04. The minimum atomic E-state index is -1.61. The molecule has 1 rings (SSSR count). The van der Waals surface area contributed by atoms with Crippen LogP contribution in [0.5, 0.6) is 0 Å². The summed E-state index contributed by atoms with van der Waals surface area (Å²) in [5.74, 6) is 4.45. The summed E-state index contributed by atoms with van der Waals surface area (Å²) in [6.07, 6.45) is 0. The second kappa shape index (κ2) is 4.56. The van der Waals surface area contributed by atoms with Crippen LogP contribution in [0.25, 0.3) is 0 Å². The van der Waals surface area contributed by atoms with Crippen molar-refractivity contribution in [3.8, 4) is 0 Å². The molecule has 0 radical (unpaired) electrons. The Morgan fingerprint density at radius 1 is 1.43 bits per heavy atom. The molecule has 7 heteroatoms. The number of nitrogens with one attached hydrogen (secondary N) is 1. The largest absolute Gasteiger partial charge is 0.488 e. The average molecular weight is 259 g/mol. The Morgan fingerprint density at radius 3 is 2.57 bits per heavy atom. The summed E-state index contributed by atoms with van der Waals surface area (Å²) in [5, 5.41) is 17.8. The van der Waals surface area contributed by atoms with Gasteiger partial charge in [-0.25, -0.2) is 5.84 Å². The van der Waals surface area contributed by atoms with E-state index in [1.807, 2.05) is 5.43 Å². The van der Waals surface area contributed by atoms with Crippen LogP contribution < -0.4 is 16.7 Å². The second-order valence-corrected chi connectivity index (χ2v) is 3.54. The Hall–Kier alpha value is -0.885. The molecule has 0 atom stereocenters. The predicted octanol–water partition coefficient (Wildman–Crippen LogP) is -1.27. The predicted molar refractivity (Wildman–Crippen MR) is 55.6 cm³/mol. The van der Waals surface area contributed by atoms with E-state index in [4.69, 9.17) is 15.9 Å². The third-order valence-electron chi connectivity index (χ3n) is 1.61. The Balaban J connectivity index is 3.13. The highest BCUT2D eigenvalue weighted by Gasteiger charge is 2.14. The summed E-state index contributed by atoms with van der Waals surface area (Å²) in [7, 11) is -1.61. The van der Waals surface area contributed by atoms with E-state index in [-0.39, 0.29) is 11.0 Å². The number of carbonyl (C=O) groups excluding carboxylic acids is 1. The van der Waals surface area contributed by atoms with Gasteiger partial charge in [-0.05, 0) is 23.7 Å². The van der Waals surface area contributed by atoms with Crippen molar-refractivity contribution in [2.24, 2.45) is 5.84 Å². The van der Waals surface area contributed by atoms with Gasteiger partial charge in [-0.1, -0.05) is 15.9 Å². The molecule has 0 saturated carbocycles. The van der Waals surface area contributed by atoms with E-state index in [2.05, 4.69) is 15.9 Å². The molecule has 5 N–H and O–H groups in total. The standard InChI is InChI=1S/C7H8BBrN2O3/c9-6-2-4(7(12)11-10)1-5(3-6)8(13)14/h1-3,13-14H,10H2,(H,11,12). The van der Waals surface area contributed by atoms with Crippen LogP contribution in [0.2, 0.25) is 0 Å². The zero-order chi connectivity index (χ0) is 10.7. The van der Waals surface area contributed by atoms with Crippen LogP contribution >= 0.6 is 15.9 Å². The van der Waals surface area contributed by atoms with Crippen molar-refractivity contribution in [3.05, 3.63) is 28.2 Å². The molecule has 1 aromatic carbocycles. The van der Waals surface area contributed by atoms with Crippen LogP contribution in [-0.4, -0.2) is 23.1 Å². The fraction of sp³-hybridized carbons (Fsp3) is 0. The normalized spacial score (nSPS) is 9.71. The highest BCUT2D eigenvalue weighted by atomic mass is 79.9. The van der Waals surface area contributed by atoms with E-state index >= 15 is 0 Å². The smallest absolute Gasteiger partial charge is 0.423 e. The fourth-order valence-electron chi connectivity index (χ4n) is 0.976. The molecule has 1 amide bonds. The number of benzene rings is 1. The molecule has 0 heterocycles. The molecule has 0 aliphatic heterocycles. The Bertz CT molecular complexity index is 359. The number of amides is 1. The zero-order valence-electron chi connectivity index (χ0n) is 7.07. The van der Waals surface area contributed by atoms with E-state index in [1.54, 1.807) is 0 Å². The molecular weight excluding hydrogens is 251 g/mol. The molecule has 0 aliphatic carbocycles. The van der Waals surface area contributed by atoms with Gasteiger partial charge in [0, 0.05) is 10.0 Å². The quantitative estimate of drug-likeness (QED) is 0.230. The first kappa shape index (κ1) is 11.2. The monoisotopic (exact) mass is 258 g/mol. The number of nitrogen functional groups attached to an aromatic ring is 1. The molecule has 0 saturated heterocycles. The van der Waals surface area contributed by atoms with Crippen LogP contribution in [0.4, 0.5) is 0 Å². The van der Waals surface area contributed by atoms with Crippen molar-refractivity contribution < 1.29 is 14.8 Å². The van der Waals surface area contributed by atoms with Gasteiger partial charge < -0.3 is 10.0 Å². The third-order valence-corrected chi connectivity index (χ3v) is 2.07. The Morgan fingerprint density at radius 2 is 2.07 bits per heavy atom. The molecule has 5 nitrogen and oxygen atoms in total. The minimum Gasteiger partial charge on any atom is -0.423 e. The van der Waals surface area contributed by atoms with E-state index in [0.29, 0.717) is 4.47 Å². The SMILES string of the molecule is NNC(=O)c1cc(Br)cc(B(O)O)c1. The van der Waals surface area contributed by atoms with E-state index in [0.717, 1.165) is 0 Å². The summed E-state index contributed by atoms with van der Waals surface area (Å²) < 4.78 is 0.571. The summed E-state index contributed by atoms with van der Waals surface area (Å²) in [6, 6.07) is 4.36. The topological polar surface area (TPSA) is 95.6 Å². The number of rotatable bonds is 2. The number of nitrogens with two attached hydrogens (primary N) is 1. The van der Waals surface area contributed by atoms with Crippen LogP contribution in [0, 0.1) is 0 Å². The van der Waals surface area contributed by atoms with E-state index < -0.39 is 13.0 Å². The number of hydrogen-bond acceptors (Lipinski definition) is 4. The van der Waals surface area contributed by atoms with Gasteiger partial charge in [0.05, 0.1) is 0 Å². The first-order chi connectivity index (χ1) is 6.54. The Labute approximate surface area is 89.2 Å². The maximum absolute atomic E-state index is 11.1. The van der Waals surface area contributed by atoms with Crippen molar-refractivity contribution in [1.29, 1.82) is 0 Å². The molecule has 0 fully saturated rings. The van der Waals surface area contributed by atoms with Gasteiger partial charge in [-0.3, -0.25) is 10.2 Å². The maximum Gasteiger partial charge on any atom is 0.488 e. The van der Waals surface area contributed by atoms with Crippen LogP contribution in [-0.2, 0) is 0 Å². The van der Waals surface area contributed by atoms with Gasteiger partial charge in [-0.2, -0.15) is 0 Å². The highest BCUT2D eigenvalue weighted by molar-refractivity contribution is 9.10. The summed E-state index contributed by atoms with van der Waals surface area (Å²) in [5.41, 5.74) is 2.43. The summed E-state index contributed by atoms with van der Waals surface area (Å²) in [6.45, 7) is 0. The molecule has 1 aromatic rings. The number of halogens is 1. The van der Waals surface area contributed by atoms with Crippen molar-refractivity contribution in [2.75, 3.05) is 0 Å². The summed E-state index contributed by atoms with van der Waals surface area (Å²) >= 11 is 3.14. The van der Waals surface area contributed by atoms with Crippen molar-refractivity contribution >= 4 is 34.4 Å². The molecular formula is C7H8BBrN2O3. The van der Waals surface area contributed by atoms with Gasteiger partial charge >= 0.3 is 7.12 Å². The highest BCUT2D eigenvalue weighted by Crippen LogP contribution is 2.10. The average Bonchev–Trinajstić information content (AvgIpc) is 2.15. The molecule has 0 unspecified atom stereocenters. The minimum absolute atomic E-state index is 0.220. The first-order valence-electron chi connectivity index (χ1n) is 3.72. The summed E-state index contributed by atoms with van der Waals surface area (Å²) in [4.78, 5) is 11.1. The third kappa shape index (κ3) is 2.55. The first-order valence-corrected chi connectivity index (χ1v) is 4.51. The second-order valence-electron chi connectivity index (χ2n) is 2.62. The number of hydrogen-bond donors (Lipinski definition) is 4. The molecule has 0 aliphatic rings. The molecule has 14 heavy (non-hydrogen) atoms. The molecule has 0 aromatic heterocycles.